The van der Waals surface area contributed by atoms with Gasteiger partial charge in [0.25, 0.3) is 0 Å². The molecule has 4 rings (SSSR count). The van der Waals surface area contributed by atoms with Crippen LogP contribution >= 0.6 is 11.6 Å². The largest absolute Gasteiger partial charge is 0.421 e. The second-order valence-electron chi connectivity index (χ2n) is 5.70. The van der Waals surface area contributed by atoms with Gasteiger partial charge in [0, 0.05) is 17.7 Å². The number of pyridine rings is 1. The van der Waals surface area contributed by atoms with Crippen LogP contribution in [0.25, 0.3) is 23.1 Å². The molecule has 0 aliphatic rings. The van der Waals surface area contributed by atoms with E-state index in [9.17, 15) is 4.39 Å². The Bertz CT molecular complexity index is 1100. The summed E-state index contributed by atoms with van der Waals surface area (Å²) < 4.78 is 18.7. The average Bonchev–Trinajstić information content (AvgIpc) is 3.09. The van der Waals surface area contributed by atoms with Crippen LogP contribution in [0.2, 0.25) is 5.02 Å². The molecule has 0 saturated heterocycles. The zero-order valence-corrected chi connectivity index (χ0v) is 14.3. The quantitative estimate of drug-likeness (QED) is 0.500. The smallest absolute Gasteiger partial charge is 0.240 e. The van der Waals surface area contributed by atoms with Gasteiger partial charge in [-0.3, -0.25) is 4.98 Å². The van der Waals surface area contributed by atoms with E-state index >= 15 is 0 Å². The zero-order valence-electron chi connectivity index (χ0n) is 13.6. The monoisotopic (exact) mass is 365 g/mol. The van der Waals surface area contributed by atoms with E-state index in [4.69, 9.17) is 16.0 Å². The molecule has 0 saturated carbocycles. The molecule has 0 fully saturated rings. The SMILES string of the molecule is Fc1ccc(/C=C/c2nnc(Cc3cccc4cccnc34)o2)c(Cl)c1. The van der Waals surface area contributed by atoms with E-state index in [-0.39, 0.29) is 5.82 Å². The number of para-hydroxylation sites is 1. The predicted octanol–water partition coefficient (Wildman–Crippen LogP) is 5.17. The summed E-state index contributed by atoms with van der Waals surface area (Å²) in [6, 6.07) is 14.1. The second-order valence-corrected chi connectivity index (χ2v) is 6.11. The summed E-state index contributed by atoms with van der Waals surface area (Å²) in [7, 11) is 0. The molecule has 0 spiro atoms. The van der Waals surface area contributed by atoms with Crippen molar-refractivity contribution in [2.75, 3.05) is 0 Å². The Labute approximate surface area is 154 Å². The minimum absolute atomic E-state index is 0.322. The minimum Gasteiger partial charge on any atom is -0.421 e. The summed E-state index contributed by atoms with van der Waals surface area (Å²) in [6.45, 7) is 0. The molecule has 0 unspecified atom stereocenters. The Kier molecular flexibility index (Phi) is 4.46. The molecule has 2 aromatic heterocycles. The van der Waals surface area contributed by atoms with Crippen LogP contribution in [0.5, 0.6) is 0 Å². The molecule has 0 bridgehead atoms. The van der Waals surface area contributed by atoms with Gasteiger partial charge in [-0.25, -0.2) is 4.39 Å². The van der Waals surface area contributed by atoms with Gasteiger partial charge in [-0.05, 0) is 35.4 Å². The van der Waals surface area contributed by atoms with Crippen molar-refractivity contribution < 1.29 is 8.81 Å². The standard InChI is InChI=1S/C20H13ClFN3O/c21-17-12-16(22)8-6-13(17)7-9-18-24-25-19(26-18)11-15-4-1-3-14-5-2-10-23-20(14)15/h1-10,12H,11H2/b9-7+. The lowest BCUT2D eigenvalue weighted by molar-refractivity contribution is 0.497. The van der Waals surface area contributed by atoms with Crippen molar-refractivity contribution in [2.24, 2.45) is 0 Å². The lowest BCUT2D eigenvalue weighted by atomic mass is 10.1. The van der Waals surface area contributed by atoms with Crippen molar-refractivity contribution in [3.05, 3.63) is 88.5 Å². The highest BCUT2D eigenvalue weighted by molar-refractivity contribution is 6.32. The Morgan fingerprint density at radius 3 is 2.81 bits per heavy atom. The van der Waals surface area contributed by atoms with E-state index in [1.807, 2.05) is 30.3 Å². The van der Waals surface area contributed by atoms with Gasteiger partial charge in [0.1, 0.15) is 5.82 Å². The molecule has 0 aliphatic heterocycles. The zero-order chi connectivity index (χ0) is 17.9. The predicted molar refractivity (Wildman–Crippen MR) is 99.2 cm³/mol. The highest BCUT2D eigenvalue weighted by atomic mass is 35.5. The van der Waals surface area contributed by atoms with Crippen molar-refractivity contribution in [3.63, 3.8) is 0 Å². The molecule has 128 valence electrons. The molecular weight excluding hydrogens is 353 g/mol. The van der Waals surface area contributed by atoms with Crippen LogP contribution in [0.3, 0.4) is 0 Å². The first-order chi connectivity index (χ1) is 12.7. The van der Waals surface area contributed by atoms with Gasteiger partial charge in [-0.15, -0.1) is 10.2 Å². The number of halogens is 2. The van der Waals surface area contributed by atoms with Crippen LogP contribution < -0.4 is 0 Å². The van der Waals surface area contributed by atoms with Crippen molar-refractivity contribution >= 4 is 34.7 Å². The Hall–Kier alpha value is -3.05. The van der Waals surface area contributed by atoms with Crippen LogP contribution in [-0.2, 0) is 6.42 Å². The lowest BCUT2D eigenvalue weighted by Gasteiger charge is -2.02. The summed E-state index contributed by atoms with van der Waals surface area (Å²) in [5, 5.41) is 9.48. The fraction of sp³-hybridized carbons (Fsp3) is 0.0500. The number of hydrogen-bond donors (Lipinski definition) is 0. The van der Waals surface area contributed by atoms with E-state index in [2.05, 4.69) is 15.2 Å². The normalized spacial score (nSPS) is 11.5. The molecule has 2 heterocycles. The van der Waals surface area contributed by atoms with Gasteiger partial charge in [0.05, 0.1) is 17.0 Å². The van der Waals surface area contributed by atoms with Crippen LogP contribution in [0.4, 0.5) is 4.39 Å². The molecule has 4 nitrogen and oxygen atoms in total. The molecule has 0 N–H and O–H groups in total. The maximum atomic E-state index is 13.1. The Morgan fingerprint density at radius 2 is 1.92 bits per heavy atom. The van der Waals surface area contributed by atoms with Crippen molar-refractivity contribution in [1.82, 2.24) is 15.2 Å². The second kappa shape index (κ2) is 7.06. The first kappa shape index (κ1) is 16.4. The molecule has 0 radical (unpaired) electrons. The van der Waals surface area contributed by atoms with E-state index in [1.54, 1.807) is 24.4 Å². The minimum atomic E-state index is -0.379. The number of nitrogens with zero attached hydrogens (tertiary/aromatic N) is 3. The molecule has 6 heteroatoms. The van der Waals surface area contributed by atoms with Crippen LogP contribution in [0, 0.1) is 5.82 Å². The van der Waals surface area contributed by atoms with Crippen molar-refractivity contribution in [1.29, 1.82) is 0 Å². The van der Waals surface area contributed by atoms with E-state index in [1.165, 1.54) is 12.1 Å². The maximum Gasteiger partial charge on any atom is 0.240 e. The summed E-state index contributed by atoms with van der Waals surface area (Å²) in [5.74, 6) is 0.470. The summed E-state index contributed by atoms with van der Waals surface area (Å²) >= 11 is 6.00. The highest BCUT2D eigenvalue weighted by Gasteiger charge is 2.09. The van der Waals surface area contributed by atoms with Gasteiger partial charge in [0.15, 0.2) is 0 Å². The lowest BCUT2D eigenvalue weighted by Crippen LogP contribution is -1.91. The third-order valence-corrected chi connectivity index (χ3v) is 4.24. The number of rotatable bonds is 4. The summed E-state index contributed by atoms with van der Waals surface area (Å²) in [6.07, 6.45) is 5.61. The fourth-order valence-electron chi connectivity index (χ4n) is 2.68. The molecule has 0 aliphatic carbocycles. The Balaban J connectivity index is 1.55. The topological polar surface area (TPSA) is 51.8 Å². The highest BCUT2D eigenvalue weighted by Crippen LogP contribution is 2.21. The maximum absolute atomic E-state index is 13.1. The van der Waals surface area contributed by atoms with Gasteiger partial charge < -0.3 is 4.42 Å². The average molecular weight is 366 g/mol. The molecule has 0 atom stereocenters. The first-order valence-corrected chi connectivity index (χ1v) is 8.35. The molecular formula is C20H13ClFN3O. The number of hydrogen-bond acceptors (Lipinski definition) is 4. The third-order valence-electron chi connectivity index (χ3n) is 3.91. The molecule has 0 amide bonds. The number of aromatic nitrogens is 3. The first-order valence-electron chi connectivity index (χ1n) is 7.97. The number of benzene rings is 2. The summed E-state index contributed by atoms with van der Waals surface area (Å²) in [4.78, 5) is 4.43. The van der Waals surface area contributed by atoms with Crippen LogP contribution in [0.1, 0.15) is 22.9 Å². The molecule has 26 heavy (non-hydrogen) atoms. The van der Waals surface area contributed by atoms with Gasteiger partial charge in [-0.1, -0.05) is 41.9 Å². The van der Waals surface area contributed by atoms with E-state index in [0.717, 1.165) is 16.5 Å². The molecule has 2 aromatic carbocycles. The molecule has 4 aromatic rings. The van der Waals surface area contributed by atoms with Gasteiger partial charge in [-0.2, -0.15) is 0 Å². The van der Waals surface area contributed by atoms with Crippen molar-refractivity contribution in [2.45, 2.75) is 6.42 Å². The van der Waals surface area contributed by atoms with E-state index in [0.29, 0.717) is 28.8 Å². The fourth-order valence-corrected chi connectivity index (χ4v) is 2.91. The van der Waals surface area contributed by atoms with Crippen LogP contribution in [0.15, 0.2) is 59.1 Å². The van der Waals surface area contributed by atoms with Crippen LogP contribution in [-0.4, -0.2) is 15.2 Å². The third kappa shape index (κ3) is 3.48. The van der Waals surface area contributed by atoms with Crippen molar-refractivity contribution in [3.8, 4) is 0 Å². The summed E-state index contributed by atoms with van der Waals surface area (Å²) in [5.41, 5.74) is 2.61. The Morgan fingerprint density at radius 1 is 1.04 bits per heavy atom. The van der Waals surface area contributed by atoms with E-state index < -0.39 is 0 Å². The van der Waals surface area contributed by atoms with Gasteiger partial charge >= 0.3 is 0 Å². The number of fused-ring (bicyclic) bond motifs is 1. The van der Waals surface area contributed by atoms with Gasteiger partial charge in [0.2, 0.25) is 11.8 Å².